The Kier molecular flexibility index (Phi) is 6.45. The van der Waals surface area contributed by atoms with Crippen molar-refractivity contribution >= 4 is 0 Å². The highest BCUT2D eigenvalue weighted by Crippen LogP contribution is 2.14. The molecule has 0 aliphatic rings. The summed E-state index contributed by atoms with van der Waals surface area (Å²) in [5.74, 6) is 0.829. The summed E-state index contributed by atoms with van der Waals surface area (Å²) in [6.07, 6.45) is 4.00. The molecule has 0 N–H and O–H groups in total. The van der Waals surface area contributed by atoms with Crippen molar-refractivity contribution in [2.45, 2.75) is 53.0 Å². The molecule has 0 saturated heterocycles. The van der Waals surface area contributed by atoms with E-state index in [4.69, 9.17) is 0 Å². The fraction of sp³-hybridized carbons (Fsp3) is 1.00. The van der Waals surface area contributed by atoms with Gasteiger partial charge in [0, 0.05) is 6.04 Å². The maximum Gasteiger partial charge on any atom is 0.00944 e. The summed E-state index contributed by atoms with van der Waals surface area (Å²) in [6, 6.07) is 0.806. The van der Waals surface area contributed by atoms with Crippen LogP contribution in [0.15, 0.2) is 0 Å². The van der Waals surface area contributed by atoms with Gasteiger partial charge >= 0.3 is 0 Å². The van der Waals surface area contributed by atoms with Gasteiger partial charge in [-0.05, 0) is 32.4 Å². The molecule has 1 nitrogen and oxygen atoms in total. The van der Waals surface area contributed by atoms with Crippen LogP contribution in [0.25, 0.3) is 0 Å². The Labute approximate surface area is 78.1 Å². The average molecular weight is 171 g/mol. The third-order valence-corrected chi connectivity index (χ3v) is 2.49. The zero-order valence-corrected chi connectivity index (χ0v) is 9.43. The average Bonchev–Trinajstić information content (AvgIpc) is 2.01. The molecule has 0 rings (SSSR count). The minimum absolute atomic E-state index is 0.806. The first-order valence-electron chi connectivity index (χ1n) is 5.32. The Balaban J connectivity index is 3.84. The van der Waals surface area contributed by atoms with Crippen molar-refractivity contribution < 1.29 is 0 Å². The molecule has 0 fully saturated rings. The van der Waals surface area contributed by atoms with E-state index in [-0.39, 0.29) is 0 Å². The molecule has 0 aliphatic heterocycles. The fourth-order valence-electron chi connectivity index (χ4n) is 1.65. The van der Waals surface area contributed by atoms with Crippen LogP contribution in [-0.2, 0) is 0 Å². The summed E-state index contributed by atoms with van der Waals surface area (Å²) in [5.41, 5.74) is 0. The Morgan fingerprint density at radius 1 is 1.17 bits per heavy atom. The largest absolute Gasteiger partial charge is 0.304 e. The quantitative estimate of drug-likeness (QED) is 0.593. The molecule has 0 amide bonds. The molecule has 1 unspecified atom stereocenters. The highest BCUT2D eigenvalue weighted by Gasteiger charge is 2.13. The molecule has 12 heavy (non-hydrogen) atoms. The Morgan fingerprint density at radius 3 is 2.08 bits per heavy atom. The van der Waals surface area contributed by atoms with Crippen LogP contribution < -0.4 is 0 Å². The number of hydrogen-bond donors (Lipinski definition) is 0. The van der Waals surface area contributed by atoms with Crippen LogP contribution in [-0.4, -0.2) is 24.5 Å². The van der Waals surface area contributed by atoms with Crippen LogP contribution in [0.1, 0.15) is 47.0 Å². The predicted octanol–water partition coefficient (Wildman–Crippen LogP) is 3.15. The minimum atomic E-state index is 0.806. The number of nitrogens with zero attached hydrogens (tertiary/aromatic N) is 1. The van der Waals surface area contributed by atoms with Gasteiger partial charge in [-0.3, -0.25) is 0 Å². The molecule has 0 aromatic carbocycles. The van der Waals surface area contributed by atoms with Crippen molar-refractivity contribution in [1.82, 2.24) is 4.90 Å². The molecule has 1 heteroatoms. The second-order valence-corrected chi connectivity index (χ2v) is 4.15. The summed E-state index contributed by atoms with van der Waals surface area (Å²) >= 11 is 0. The van der Waals surface area contributed by atoms with Crippen molar-refractivity contribution in [2.24, 2.45) is 5.92 Å². The van der Waals surface area contributed by atoms with Crippen LogP contribution in [0.5, 0.6) is 0 Å². The Bertz CT molecular complexity index is 99.2. The standard InChI is InChI=1S/C11H25N/c1-6-8-11(9-10(3)4)12(5)7-2/h10-11H,6-9H2,1-5H3. The smallest absolute Gasteiger partial charge is 0.00944 e. The zero-order chi connectivity index (χ0) is 9.56. The molecule has 1 atom stereocenters. The van der Waals surface area contributed by atoms with Crippen molar-refractivity contribution in [1.29, 1.82) is 0 Å². The fourth-order valence-corrected chi connectivity index (χ4v) is 1.65. The number of hydrogen-bond acceptors (Lipinski definition) is 1. The van der Waals surface area contributed by atoms with Gasteiger partial charge in [0.05, 0.1) is 0 Å². The van der Waals surface area contributed by atoms with Crippen LogP contribution in [0.2, 0.25) is 0 Å². The molecule has 0 spiro atoms. The van der Waals surface area contributed by atoms with Gasteiger partial charge in [-0.15, -0.1) is 0 Å². The normalized spacial score (nSPS) is 14.2. The predicted molar refractivity (Wildman–Crippen MR) is 56.5 cm³/mol. The molecule has 0 aliphatic carbocycles. The summed E-state index contributed by atoms with van der Waals surface area (Å²) in [6.45, 7) is 10.3. The van der Waals surface area contributed by atoms with Crippen molar-refractivity contribution in [3.8, 4) is 0 Å². The maximum atomic E-state index is 2.48. The van der Waals surface area contributed by atoms with Gasteiger partial charge in [0.2, 0.25) is 0 Å². The SMILES string of the molecule is CCCC(CC(C)C)N(C)CC. The van der Waals surface area contributed by atoms with Gasteiger partial charge in [0.25, 0.3) is 0 Å². The highest BCUT2D eigenvalue weighted by atomic mass is 15.1. The van der Waals surface area contributed by atoms with E-state index in [0.29, 0.717) is 0 Å². The summed E-state index contributed by atoms with van der Waals surface area (Å²) in [4.78, 5) is 2.48. The van der Waals surface area contributed by atoms with Gasteiger partial charge in [-0.1, -0.05) is 34.1 Å². The first-order chi connectivity index (χ1) is 5.61. The lowest BCUT2D eigenvalue weighted by molar-refractivity contribution is 0.210. The van der Waals surface area contributed by atoms with Gasteiger partial charge in [0.15, 0.2) is 0 Å². The second kappa shape index (κ2) is 6.47. The molecular formula is C11H25N. The van der Waals surface area contributed by atoms with E-state index < -0.39 is 0 Å². The molecular weight excluding hydrogens is 146 g/mol. The van der Waals surface area contributed by atoms with Crippen molar-refractivity contribution in [3.05, 3.63) is 0 Å². The topological polar surface area (TPSA) is 3.24 Å². The monoisotopic (exact) mass is 171 g/mol. The van der Waals surface area contributed by atoms with Crippen LogP contribution >= 0.6 is 0 Å². The summed E-state index contributed by atoms with van der Waals surface area (Å²) < 4.78 is 0. The lowest BCUT2D eigenvalue weighted by Gasteiger charge is -2.28. The molecule has 0 saturated carbocycles. The summed E-state index contributed by atoms with van der Waals surface area (Å²) in [7, 11) is 2.24. The zero-order valence-electron chi connectivity index (χ0n) is 9.43. The molecule has 0 aromatic rings. The second-order valence-electron chi connectivity index (χ2n) is 4.15. The van der Waals surface area contributed by atoms with E-state index >= 15 is 0 Å². The molecule has 0 heterocycles. The molecule has 74 valence electrons. The third-order valence-electron chi connectivity index (χ3n) is 2.49. The van der Waals surface area contributed by atoms with E-state index in [9.17, 15) is 0 Å². The van der Waals surface area contributed by atoms with E-state index in [1.165, 1.54) is 25.8 Å². The first kappa shape index (κ1) is 12.0. The Morgan fingerprint density at radius 2 is 1.75 bits per heavy atom. The highest BCUT2D eigenvalue weighted by molar-refractivity contribution is 4.68. The first-order valence-corrected chi connectivity index (χ1v) is 5.32. The van der Waals surface area contributed by atoms with E-state index in [1.807, 2.05) is 0 Å². The van der Waals surface area contributed by atoms with E-state index in [2.05, 4.69) is 39.6 Å². The molecule has 0 bridgehead atoms. The van der Waals surface area contributed by atoms with Crippen LogP contribution in [0.3, 0.4) is 0 Å². The van der Waals surface area contributed by atoms with Crippen molar-refractivity contribution in [2.75, 3.05) is 13.6 Å². The lowest BCUT2D eigenvalue weighted by atomic mass is 9.99. The van der Waals surface area contributed by atoms with Gasteiger partial charge in [-0.25, -0.2) is 0 Å². The number of rotatable bonds is 6. The Hall–Kier alpha value is -0.0400. The van der Waals surface area contributed by atoms with E-state index in [0.717, 1.165) is 12.0 Å². The van der Waals surface area contributed by atoms with E-state index in [1.54, 1.807) is 0 Å². The maximum absolute atomic E-state index is 2.48. The molecule has 0 radical (unpaired) electrons. The molecule has 0 aromatic heterocycles. The third kappa shape index (κ3) is 4.76. The van der Waals surface area contributed by atoms with Gasteiger partial charge < -0.3 is 4.90 Å². The van der Waals surface area contributed by atoms with Gasteiger partial charge in [-0.2, -0.15) is 0 Å². The van der Waals surface area contributed by atoms with Crippen LogP contribution in [0.4, 0.5) is 0 Å². The minimum Gasteiger partial charge on any atom is -0.304 e. The lowest BCUT2D eigenvalue weighted by Crippen LogP contribution is -2.32. The summed E-state index contributed by atoms with van der Waals surface area (Å²) in [5, 5.41) is 0. The van der Waals surface area contributed by atoms with Crippen molar-refractivity contribution in [3.63, 3.8) is 0 Å². The van der Waals surface area contributed by atoms with Gasteiger partial charge in [0.1, 0.15) is 0 Å². The van der Waals surface area contributed by atoms with Crippen LogP contribution in [0, 0.1) is 5.92 Å².